The fourth-order valence-electron chi connectivity index (χ4n) is 11.6. The van der Waals surface area contributed by atoms with Gasteiger partial charge in [-0.2, -0.15) is 9.97 Å². The minimum absolute atomic E-state index is 0.202. The Morgan fingerprint density at radius 2 is 0.455 bits per heavy atom. The van der Waals surface area contributed by atoms with E-state index in [4.69, 9.17) is 26.6 Å². The van der Waals surface area contributed by atoms with E-state index in [2.05, 4.69) is 173 Å². The van der Waals surface area contributed by atoms with Gasteiger partial charge in [0.15, 0.2) is 29.1 Å². The largest absolute Gasteiger partial charge is 0.488 e. The number of hydrogen-bond acceptors (Lipinski definition) is 8. The fraction of sp³-hybridized carbons (Fsp3) is 0. The van der Waals surface area contributed by atoms with Crippen LogP contribution in [0.3, 0.4) is 0 Å². The van der Waals surface area contributed by atoms with E-state index in [-0.39, 0.29) is 5.28 Å². The van der Waals surface area contributed by atoms with Crippen LogP contribution in [-0.2, 0) is 0 Å². The van der Waals surface area contributed by atoms with Crippen LogP contribution in [0.4, 0.5) is 0 Å². The summed E-state index contributed by atoms with van der Waals surface area (Å²) in [6.45, 7) is 0. The maximum Gasteiger partial charge on any atom is 0.488 e. The van der Waals surface area contributed by atoms with E-state index in [0.29, 0.717) is 34.6 Å². The summed E-state index contributed by atoms with van der Waals surface area (Å²) in [6.07, 6.45) is 0. The van der Waals surface area contributed by atoms with Gasteiger partial charge < -0.3 is 10.0 Å². The Morgan fingerprint density at radius 1 is 0.205 bits per heavy atom. The molecule has 8 nitrogen and oxygen atoms in total. The number of hydrogen-bond donors (Lipinski definition) is 2. The van der Waals surface area contributed by atoms with E-state index in [1.165, 1.54) is 64.6 Å². The van der Waals surface area contributed by atoms with Crippen molar-refractivity contribution in [2.75, 3.05) is 0 Å². The van der Waals surface area contributed by atoms with Crippen molar-refractivity contribution in [3.8, 4) is 79.2 Å². The minimum atomic E-state index is -1.46. The average Bonchev–Trinajstić information content (AvgIpc) is 0.877. The molecule has 0 saturated heterocycles. The van der Waals surface area contributed by atoms with Crippen LogP contribution in [0.2, 0.25) is 5.28 Å². The Bertz CT molecular complexity index is 5030. The molecule has 14 aromatic carbocycles. The monoisotopic (exact) mass is 1150 g/mol. The summed E-state index contributed by atoms with van der Waals surface area (Å²) in [5.41, 5.74) is 9.52. The van der Waals surface area contributed by atoms with Crippen molar-refractivity contribution in [3.05, 3.63) is 309 Å². The molecule has 16 aromatic rings. The maximum atomic E-state index is 9.48. The van der Waals surface area contributed by atoms with Crippen LogP contribution < -0.4 is 5.46 Å². The van der Waals surface area contributed by atoms with E-state index >= 15 is 0 Å². The third kappa shape index (κ3) is 11.2. The first-order chi connectivity index (χ1) is 43.4. The summed E-state index contributed by atoms with van der Waals surface area (Å²) < 4.78 is 0. The van der Waals surface area contributed by atoms with Gasteiger partial charge in [0, 0.05) is 27.8 Å². The molecule has 2 aromatic heterocycles. The zero-order valence-electron chi connectivity index (χ0n) is 47.4. The number of rotatable bonds is 8. The summed E-state index contributed by atoms with van der Waals surface area (Å²) in [5, 5.41) is 34.2. The standard InChI is InChI=1S/C39H25N3.C24H17BO2.C15H10ClN3/c1-3-12-26(13-4-1)37-40-38(27-14-5-2-6-15-27)42-39(41-37)30-17-11-16-28(24-30)29-22-23-35-33-20-8-7-18-31(33)32-19-9-10-21-34(32)36(35)25-29;26-25(27)18-7-5-6-16(14-18)17-12-13-23-21-10-2-1-8-19(21)20-9-3-4-11-22(20)24(23)15-17;16-15-18-13(11-7-3-1-4-8-11)17-14(19-15)12-9-5-2-6-10-12/h1-25H;1-15,26-27H;1-10H. The van der Waals surface area contributed by atoms with Gasteiger partial charge in [-0.1, -0.05) is 285 Å². The van der Waals surface area contributed by atoms with Gasteiger partial charge in [-0.15, -0.1) is 0 Å². The van der Waals surface area contributed by atoms with Crippen molar-refractivity contribution in [2.24, 2.45) is 0 Å². The number of halogens is 1. The Kier molecular flexibility index (Phi) is 15.3. The molecule has 0 spiro atoms. The van der Waals surface area contributed by atoms with Crippen molar-refractivity contribution < 1.29 is 10.0 Å². The smallest absolute Gasteiger partial charge is 0.423 e. The molecule has 0 unspecified atom stereocenters. The second-order valence-electron chi connectivity index (χ2n) is 21.3. The Morgan fingerprint density at radius 3 is 0.807 bits per heavy atom. The van der Waals surface area contributed by atoms with Gasteiger partial charge in [0.2, 0.25) is 5.28 Å². The zero-order valence-corrected chi connectivity index (χ0v) is 48.2. The molecule has 0 radical (unpaired) electrons. The van der Waals surface area contributed by atoms with Crippen molar-refractivity contribution in [3.63, 3.8) is 0 Å². The number of nitrogens with zero attached hydrogens (tertiary/aromatic N) is 6. The first-order valence-corrected chi connectivity index (χ1v) is 29.4. The van der Waals surface area contributed by atoms with Gasteiger partial charge in [0.05, 0.1) is 0 Å². The Labute approximate surface area is 513 Å². The van der Waals surface area contributed by atoms with Crippen LogP contribution in [0.5, 0.6) is 0 Å². The molecule has 88 heavy (non-hydrogen) atoms. The van der Waals surface area contributed by atoms with E-state index < -0.39 is 7.12 Å². The predicted molar refractivity (Wildman–Crippen MR) is 364 cm³/mol. The minimum Gasteiger partial charge on any atom is -0.423 e. The Hall–Kier alpha value is -11.1. The Balaban J connectivity index is 0.000000126. The third-order valence-electron chi connectivity index (χ3n) is 15.8. The third-order valence-corrected chi connectivity index (χ3v) is 16.0. The lowest BCUT2D eigenvalue weighted by atomic mass is 9.79. The lowest BCUT2D eigenvalue weighted by Crippen LogP contribution is -2.29. The molecule has 0 atom stereocenters. The van der Waals surface area contributed by atoms with Crippen LogP contribution in [0.25, 0.3) is 144 Å². The molecule has 0 bridgehead atoms. The summed E-state index contributed by atoms with van der Waals surface area (Å²) in [7, 11) is -1.46. The van der Waals surface area contributed by atoms with Crippen molar-refractivity contribution in [1.29, 1.82) is 0 Å². The number of aromatic nitrogens is 6. The predicted octanol–water partition coefficient (Wildman–Crippen LogP) is 18.4. The molecule has 0 amide bonds. The molecule has 0 aliphatic heterocycles. The lowest BCUT2D eigenvalue weighted by Gasteiger charge is -2.13. The molecule has 0 aliphatic carbocycles. The van der Waals surface area contributed by atoms with Crippen LogP contribution in [0, 0.1) is 0 Å². The second-order valence-corrected chi connectivity index (χ2v) is 21.6. The van der Waals surface area contributed by atoms with Crippen LogP contribution >= 0.6 is 11.6 Å². The molecule has 16 rings (SSSR count). The fourth-order valence-corrected chi connectivity index (χ4v) is 11.8. The van der Waals surface area contributed by atoms with Gasteiger partial charge in [-0.25, -0.2) is 19.9 Å². The molecule has 2 N–H and O–H groups in total. The average molecular weight is 1150 g/mol. The molecule has 0 saturated carbocycles. The second kappa shape index (κ2) is 24.5. The zero-order chi connectivity index (χ0) is 59.3. The van der Waals surface area contributed by atoms with Gasteiger partial charge in [-0.05, 0) is 122 Å². The number of fused-ring (bicyclic) bond motifs is 12. The van der Waals surface area contributed by atoms with Crippen LogP contribution in [0.15, 0.2) is 303 Å². The lowest BCUT2D eigenvalue weighted by molar-refractivity contribution is 0.426. The first kappa shape index (κ1) is 54.8. The quantitative estimate of drug-likeness (QED) is 0.114. The normalized spacial score (nSPS) is 11.1. The molecule has 10 heteroatoms. The van der Waals surface area contributed by atoms with Crippen LogP contribution in [-0.4, -0.2) is 47.1 Å². The van der Waals surface area contributed by atoms with Gasteiger partial charge in [0.25, 0.3) is 0 Å². The van der Waals surface area contributed by atoms with E-state index in [0.717, 1.165) is 50.1 Å². The van der Waals surface area contributed by atoms with Crippen molar-refractivity contribution in [1.82, 2.24) is 29.9 Å². The molecule has 2 heterocycles. The topological polar surface area (TPSA) is 118 Å². The van der Waals surface area contributed by atoms with Gasteiger partial charge >= 0.3 is 7.12 Å². The molecular formula is C78H52BClN6O2. The highest BCUT2D eigenvalue weighted by Gasteiger charge is 2.17. The highest BCUT2D eigenvalue weighted by Crippen LogP contribution is 2.40. The van der Waals surface area contributed by atoms with Crippen LogP contribution in [0.1, 0.15) is 0 Å². The SMILES string of the molecule is Clc1nc(-c2ccccc2)nc(-c2ccccc2)n1.OB(O)c1cccc(-c2ccc3c4ccccc4c4ccccc4c3c2)c1.c1ccc(-c2nc(-c3ccccc3)nc(-c3cccc(-c4ccc5c6ccccc6c6ccccc6c5c4)c3)n2)cc1. The summed E-state index contributed by atoms with van der Waals surface area (Å²) in [5.74, 6) is 3.14. The molecule has 416 valence electrons. The summed E-state index contributed by atoms with van der Waals surface area (Å²) in [4.78, 5) is 27.5. The van der Waals surface area contributed by atoms with E-state index in [1.807, 2.05) is 140 Å². The van der Waals surface area contributed by atoms with Gasteiger partial charge in [-0.3, -0.25) is 0 Å². The summed E-state index contributed by atoms with van der Waals surface area (Å²) in [6, 6.07) is 103. The molecular weight excluding hydrogens is 1100 g/mol. The summed E-state index contributed by atoms with van der Waals surface area (Å²) >= 11 is 5.99. The van der Waals surface area contributed by atoms with Crippen molar-refractivity contribution >= 4 is 88.8 Å². The van der Waals surface area contributed by atoms with E-state index in [9.17, 15) is 10.0 Å². The number of benzene rings is 14. The van der Waals surface area contributed by atoms with Crippen molar-refractivity contribution in [2.45, 2.75) is 0 Å². The van der Waals surface area contributed by atoms with Gasteiger partial charge in [0.1, 0.15) is 0 Å². The molecule has 0 aliphatic rings. The maximum absolute atomic E-state index is 9.48. The highest BCUT2D eigenvalue weighted by atomic mass is 35.5. The molecule has 0 fully saturated rings. The first-order valence-electron chi connectivity index (χ1n) is 29.0. The highest BCUT2D eigenvalue weighted by molar-refractivity contribution is 6.58. The van der Waals surface area contributed by atoms with E-state index in [1.54, 1.807) is 6.07 Å².